The van der Waals surface area contributed by atoms with E-state index in [1.807, 2.05) is 13.1 Å². The first kappa shape index (κ1) is 11.1. The quantitative estimate of drug-likeness (QED) is 0.788. The number of pyridine rings is 1. The summed E-state index contributed by atoms with van der Waals surface area (Å²) in [5.41, 5.74) is 3.34. The molecule has 2 rings (SSSR count). The van der Waals surface area contributed by atoms with Gasteiger partial charge in [0.25, 0.3) is 0 Å². The van der Waals surface area contributed by atoms with Crippen molar-refractivity contribution < 1.29 is 0 Å². The summed E-state index contributed by atoms with van der Waals surface area (Å²) < 4.78 is 2.14. The molecule has 0 bridgehead atoms. The zero-order chi connectivity index (χ0) is 11.7. The Bertz CT molecular complexity index is 499. The van der Waals surface area contributed by atoms with Crippen LogP contribution in [0, 0.1) is 13.8 Å². The maximum atomic E-state index is 4.63. The van der Waals surface area contributed by atoms with Crippen molar-refractivity contribution in [1.29, 1.82) is 0 Å². The van der Waals surface area contributed by atoms with Gasteiger partial charge in [-0.05, 0) is 33.3 Å². The first-order valence-electron chi connectivity index (χ1n) is 5.95. The molecule has 3 heteroatoms. The highest BCUT2D eigenvalue weighted by atomic mass is 15.3. The van der Waals surface area contributed by atoms with Gasteiger partial charge in [0, 0.05) is 23.3 Å². The predicted octanol–water partition coefficient (Wildman–Crippen LogP) is 3.41. The van der Waals surface area contributed by atoms with Crippen molar-refractivity contribution in [1.82, 2.24) is 14.8 Å². The van der Waals surface area contributed by atoms with E-state index in [0.29, 0.717) is 6.04 Å². The summed E-state index contributed by atoms with van der Waals surface area (Å²) in [6.45, 7) is 8.51. The van der Waals surface area contributed by atoms with Gasteiger partial charge in [0.1, 0.15) is 0 Å². The molecule has 0 amide bonds. The van der Waals surface area contributed by atoms with Gasteiger partial charge in [0.2, 0.25) is 0 Å². The Hall–Kier alpha value is -1.38. The molecule has 0 saturated heterocycles. The summed E-state index contributed by atoms with van der Waals surface area (Å²) in [7, 11) is 0. The van der Waals surface area contributed by atoms with Gasteiger partial charge >= 0.3 is 0 Å². The van der Waals surface area contributed by atoms with Crippen molar-refractivity contribution in [3.63, 3.8) is 0 Å². The Morgan fingerprint density at radius 1 is 1.38 bits per heavy atom. The topological polar surface area (TPSA) is 30.7 Å². The lowest BCUT2D eigenvalue weighted by Crippen LogP contribution is -2.06. The van der Waals surface area contributed by atoms with E-state index < -0.39 is 0 Å². The third kappa shape index (κ3) is 1.82. The van der Waals surface area contributed by atoms with E-state index >= 15 is 0 Å². The minimum Gasteiger partial charge on any atom is -0.262 e. The van der Waals surface area contributed by atoms with Crippen LogP contribution in [-0.2, 0) is 0 Å². The fourth-order valence-corrected chi connectivity index (χ4v) is 2.16. The lowest BCUT2D eigenvalue weighted by molar-refractivity contribution is 0.466. The van der Waals surface area contributed by atoms with Crippen LogP contribution in [-0.4, -0.2) is 14.8 Å². The molecule has 0 spiro atoms. The molecular formula is C13H19N3. The smallest absolute Gasteiger partial charge is 0.0722 e. The third-order valence-electron chi connectivity index (χ3n) is 3.04. The molecule has 0 aromatic carbocycles. The van der Waals surface area contributed by atoms with Crippen molar-refractivity contribution >= 4 is 10.9 Å². The van der Waals surface area contributed by atoms with E-state index in [1.54, 1.807) is 0 Å². The molecule has 1 atom stereocenters. The lowest BCUT2D eigenvalue weighted by atomic mass is 10.2. The zero-order valence-corrected chi connectivity index (χ0v) is 10.5. The van der Waals surface area contributed by atoms with Crippen LogP contribution < -0.4 is 0 Å². The van der Waals surface area contributed by atoms with Crippen LogP contribution in [0.1, 0.15) is 44.1 Å². The van der Waals surface area contributed by atoms with E-state index in [2.05, 4.69) is 41.6 Å². The van der Waals surface area contributed by atoms with Crippen LogP contribution in [0.4, 0.5) is 0 Å². The molecule has 0 aliphatic rings. The predicted molar refractivity (Wildman–Crippen MR) is 66.6 cm³/mol. The molecule has 1 unspecified atom stereocenters. The number of rotatable bonds is 3. The summed E-state index contributed by atoms with van der Waals surface area (Å²) in [5, 5.41) is 5.80. The van der Waals surface area contributed by atoms with Gasteiger partial charge in [-0.15, -0.1) is 0 Å². The molecule has 2 aromatic rings. The summed E-state index contributed by atoms with van der Waals surface area (Å²) in [5.74, 6) is 0. The normalized spacial score (nSPS) is 13.2. The van der Waals surface area contributed by atoms with Gasteiger partial charge in [0.05, 0.1) is 11.2 Å². The summed E-state index contributed by atoms with van der Waals surface area (Å²) in [4.78, 5) is 4.33. The molecule has 3 nitrogen and oxygen atoms in total. The van der Waals surface area contributed by atoms with Crippen LogP contribution in [0.5, 0.6) is 0 Å². The molecule has 0 radical (unpaired) electrons. The minimum absolute atomic E-state index is 0.461. The highest BCUT2D eigenvalue weighted by Crippen LogP contribution is 2.23. The van der Waals surface area contributed by atoms with Crippen molar-refractivity contribution in [2.45, 2.75) is 46.6 Å². The molecule has 0 aliphatic heterocycles. The summed E-state index contributed by atoms with van der Waals surface area (Å²) >= 11 is 0. The molecular weight excluding hydrogens is 198 g/mol. The van der Waals surface area contributed by atoms with Gasteiger partial charge in [-0.3, -0.25) is 9.67 Å². The van der Waals surface area contributed by atoms with Gasteiger partial charge in [-0.25, -0.2) is 0 Å². The highest BCUT2D eigenvalue weighted by Gasteiger charge is 2.12. The van der Waals surface area contributed by atoms with Crippen molar-refractivity contribution in [3.8, 4) is 0 Å². The standard InChI is InChI=1S/C13H19N3/c1-5-6-10(3)16-13-7-9(2)14-8-12(13)11(4)15-16/h7-8,10H,5-6H2,1-4H3. The maximum Gasteiger partial charge on any atom is 0.0722 e. The van der Waals surface area contributed by atoms with Gasteiger partial charge in [-0.1, -0.05) is 13.3 Å². The molecule has 0 saturated carbocycles. The molecule has 0 aliphatic carbocycles. The van der Waals surface area contributed by atoms with Crippen molar-refractivity contribution in [3.05, 3.63) is 23.7 Å². The van der Waals surface area contributed by atoms with Crippen molar-refractivity contribution in [2.75, 3.05) is 0 Å². The monoisotopic (exact) mass is 217 g/mol. The second-order valence-corrected chi connectivity index (χ2v) is 4.51. The fraction of sp³-hybridized carbons (Fsp3) is 0.538. The number of nitrogens with zero attached hydrogens (tertiary/aromatic N) is 3. The number of aromatic nitrogens is 3. The fourth-order valence-electron chi connectivity index (χ4n) is 2.16. The third-order valence-corrected chi connectivity index (χ3v) is 3.04. The van der Waals surface area contributed by atoms with Gasteiger partial charge in [-0.2, -0.15) is 5.10 Å². The Labute approximate surface area is 96.5 Å². The second kappa shape index (κ2) is 4.24. The first-order chi connectivity index (χ1) is 7.63. The molecule has 0 N–H and O–H groups in total. The first-order valence-corrected chi connectivity index (χ1v) is 5.95. The molecule has 16 heavy (non-hydrogen) atoms. The van der Waals surface area contributed by atoms with E-state index in [9.17, 15) is 0 Å². The number of hydrogen-bond acceptors (Lipinski definition) is 2. The SMILES string of the molecule is CCCC(C)n1nc(C)c2cnc(C)cc21. The van der Waals surface area contributed by atoms with Gasteiger partial charge in [0.15, 0.2) is 0 Å². The average molecular weight is 217 g/mol. The minimum atomic E-state index is 0.461. The summed E-state index contributed by atoms with van der Waals surface area (Å²) in [6.07, 6.45) is 4.28. The zero-order valence-electron chi connectivity index (χ0n) is 10.5. The largest absolute Gasteiger partial charge is 0.262 e. The molecule has 2 aromatic heterocycles. The van der Waals surface area contributed by atoms with Gasteiger partial charge < -0.3 is 0 Å². The Morgan fingerprint density at radius 2 is 2.12 bits per heavy atom. The second-order valence-electron chi connectivity index (χ2n) is 4.51. The van der Waals surface area contributed by atoms with E-state index in [-0.39, 0.29) is 0 Å². The molecule has 2 heterocycles. The van der Waals surface area contributed by atoms with Crippen LogP contribution in [0.15, 0.2) is 12.3 Å². The van der Waals surface area contributed by atoms with Crippen molar-refractivity contribution in [2.24, 2.45) is 0 Å². The Balaban J connectivity index is 2.56. The number of fused-ring (bicyclic) bond motifs is 1. The molecule has 86 valence electrons. The number of hydrogen-bond donors (Lipinski definition) is 0. The van der Waals surface area contributed by atoms with Crippen LogP contribution in [0.25, 0.3) is 10.9 Å². The summed E-state index contributed by atoms with van der Waals surface area (Å²) in [6, 6.07) is 2.59. The van der Waals surface area contributed by atoms with E-state index in [1.165, 1.54) is 17.3 Å². The average Bonchev–Trinajstić information content (AvgIpc) is 2.56. The van der Waals surface area contributed by atoms with Crippen LogP contribution in [0.3, 0.4) is 0 Å². The highest BCUT2D eigenvalue weighted by molar-refractivity contribution is 5.81. The number of aryl methyl sites for hydroxylation is 2. The Kier molecular flexibility index (Phi) is 2.95. The van der Waals surface area contributed by atoms with Crippen LogP contribution >= 0.6 is 0 Å². The maximum absolute atomic E-state index is 4.63. The van der Waals surface area contributed by atoms with E-state index in [4.69, 9.17) is 0 Å². The Morgan fingerprint density at radius 3 is 2.81 bits per heavy atom. The lowest BCUT2D eigenvalue weighted by Gasteiger charge is -2.12. The molecule has 0 fully saturated rings. The van der Waals surface area contributed by atoms with Crippen LogP contribution in [0.2, 0.25) is 0 Å². The van der Waals surface area contributed by atoms with E-state index in [0.717, 1.165) is 17.8 Å².